The number of benzene rings is 1. The van der Waals surface area contributed by atoms with Gasteiger partial charge >= 0.3 is 29.6 Å². The third-order valence-corrected chi connectivity index (χ3v) is 1.73. The van der Waals surface area contributed by atoms with E-state index >= 15 is 0 Å². The van der Waals surface area contributed by atoms with E-state index < -0.39 is 0 Å². The molecule has 0 unspecified atom stereocenters. The van der Waals surface area contributed by atoms with E-state index in [-0.39, 0.29) is 31.0 Å². The maximum Gasteiger partial charge on any atom is 1.00 e. The van der Waals surface area contributed by atoms with Gasteiger partial charge in [0.1, 0.15) is 6.29 Å². The molecular formula is C8H9NaOS. The largest absolute Gasteiger partial charge is 1.00 e. The van der Waals surface area contributed by atoms with Crippen molar-refractivity contribution in [1.82, 2.24) is 0 Å². The van der Waals surface area contributed by atoms with Crippen molar-refractivity contribution in [3.05, 3.63) is 29.8 Å². The maximum absolute atomic E-state index is 10.1. The summed E-state index contributed by atoms with van der Waals surface area (Å²) in [5, 5.41) is 0. The van der Waals surface area contributed by atoms with E-state index in [2.05, 4.69) is 12.6 Å². The van der Waals surface area contributed by atoms with Gasteiger partial charge in [-0.1, -0.05) is 18.2 Å². The van der Waals surface area contributed by atoms with Crippen LogP contribution < -0.4 is 29.6 Å². The van der Waals surface area contributed by atoms with Gasteiger partial charge in [-0.15, -0.1) is 12.6 Å². The molecule has 0 spiro atoms. The molecule has 0 atom stereocenters. The Morgan fingerprint density at radius 3 is 2.64 bits per heavy atom. The van der Waals surface area contributed by atoms with E-state index in [1.54, 1.807) is 0 Å². The number of thiol groups is 1. The van der Waals surface area contributed by atoms with E-state index in [1.165, 1.54) is 0 Å². The Bertz CT molecular complexity index is 242. The van der Waals surface area contributed by atoms with Crippen LogP contribution in [0.1, 0.15) is 6.99 Å². The van der Waals surface area contributed by atoms with Crippen LogP contribution >= 0.6 is 12.6 Å². The Hall–Kier alpha value is 0.240. The van der Waals surface area contributed by atoms with Gasteiger partial charge in [0.2, 0.25) is 0 Å². The quantitative estimate of drug-likeness (QED) is 0.341. The smallest absolute Gasteiger partial charge is 1.00 e. The molecule has 3 heteroatoms. The first-order chi connectivity index (χ1) is 4.84. The van der Waals surface area contributed by atoms with Crippen molar-refractivity contribution in [2.45, 2.75) is 11.3 Å². The van der Waals surface area contributed by atoms with E-state index in [9.17, 15) is 4.79 Å². The Balaban J connectivity index is 0. The van der Waals surface area contributed by atoms with Crippen molar-refractivity contribution in [3.63, 3.8) is 0 Å². The molecule has 0 fully saturated rings. The minimum Gasteiger partial charge on any atom is -1.00 e. The minimum absolute atomic E-state index is 0. The second-order valence-corrected chi connectivity index (χ2v) is 2.48. The van der Waals surface area contributed by atoms with E-state index in [0.29, 0.717) is 6.42 Å². The van der Waals surface area contributed by atoms with Gasteiger partial charge in [-0.3, -0.25) is 0 Å². The van der Waals surface area contributed by atoms with Gasteiger partial charge in [0.25, 0.3) is 0 Å². The molecule has 0 N–H and O–H groups in total. The van der Waals surface area contributed by atoms with Crippen LogP contribution in [0.2, 0.25) is 0 Å². The van der Waals surface area contributed by atoms with Gasteiger partial charge in [-0.2, -0.15) is 0 Å². The molecule has 54 valence electrons. The average Bonchev–Trinajstić information content (AvgIpc) is 1.94. The number of hydrogen-bond donors (Lipinski definition) is 1. The topological polar surface area (TPSA) is 17.1 Å². The maximum atomic E-state index is 10.1. The molecule has 0 bridgehead atoms. The Labute approximate surface area is 95.4 Å². The van der Waals surface area contributed by atoms with Crippen molar-refractivity contribution < 1.29 is 35.8 Å². The van der Waals surface area contributed by atoms with E-state index in [0.717, 1.165) is 16.7 Å². The van der Waals surface area contributed by atoms with Gasteiger partial charge in [0, 0.05) is 11.3 Å². The zero-order valence-electron chi connectivity index (χ0n) is 7.45. The van der Waals surface area contributed by atoms with Crippen molar-refractivity contribution in [2.75, 3.05) is 0 Å². The molecule has 1 aromatic carbocycles. The van der Waals surface area contributed by atoms with E-state index in [1.807, 2.05) is 24.3 Å². The van der Waals surface area contributed by atoms with Crippen molar-refractivity contribution in [3.8, 4) is 0 Å². The molecule has 0 aliphatic heterocycles. The molecule has 0 amide bonds. The molecule has 0 radical (unpaired) electrons. The number of hydrogen-bond acceptors (Lipinski definition) is 2. The number of aldehydes is 1. The standard InChI is InChI=1S/C8H8OS.Na.H/c9-6-5-7-3-1-2-4-8(7)10;;/h1-4,6,10H,5H2;;/q;+1;-1. The van der Waals surface area contributed by atoms with Crippen molar-refractivity contribution >= 4 is 18.9 Å². The van der Waals surface area contributed by atoms with Gasteiger partial charge in [-0.25, -0.2) is 0 Å². The van der Waals surface area contributed by atoms with Crippen molar-refractivity contribution in [2.24, 2.45) is 0 Å². The Kier molecular flexibility index (Phi) is 5.96. The fourth-order valence-electron chi connectivity index (χ4n) is 0.773. The zero-order chi connectivity index (χ0) is 7.40. The monoisotopic (exact) mass is 176 g/mol. The summed E-state index contributed by atoms with van der Waals surface area (Å²) in [4.78, 5) is 11.0. The third-order valence-electron chi connectivity index (χ3n) is 1.29. The second-order valence-electron chi connectivity index (χ2n) is 2.00. The summed E-state index contributed by atoms with van der Waals surface area (Å²) in [6.45, 7) is 0. The fraction of sp³-hybridized carbons (Fsp3) is 0.125. The predicted octanol–water partition coefficient (Wildman–Crippen LogP) is -1.17. The van der Waals surface area contributed by atoms with Crippen LogP contribution in [0.15, 0.2) is 29.2 Å². The first-order valence-electron chi connectivity index (χ1n) is 3.05. The zero-order valence-corrected chi connectivity index (χ0v) is 9.34. The normalized spacial score (nSPS) is 8.45. The van der Waals surface area contributed by atoms with Crippen LogP contribution in [-0.4, -0.2) is 6.29 Å². The number of carbonyl (C=O) groups is 1. The average molecular weight is 176 g/mol. The molecule has 0 aromatic heterocycles. The molecule has 0 saturated carbocycles. The number of carbonyl (C=O) groups excluding carboxylic acids is 1. The van der Waals surface area contributed by atoms with Crippen LogP contribution in [-0.2, 0) is 11.2 Å². The molecular weight excluding hydrogens is 167 g/mol. The third kappa shape index (κ3) is 3.43. The first-order valence-corrected chi connectivity index (χ1v) is 3.50. The van der Waals surface area contributed by atoms with Gasteiger partial charge in [-0.05, 0) is 11.6 Å². The summed E-state index contributed by atoms with van der Waals surface area (Å²) in [5.41, 5.74) is 0.987. The predicted molar refractivity (Wildman–Crippen MR) is 44.6 cm³/mol. The Morgan fingerprint density at radius 1 is 1.45 bits per heavy atom. The SMILES string of the molecule is O=CCc1ccccc1S.[H-].[Na+]. The second kappa shape index (κ2) is 5.84. The molecule has 1 rings (SSSR count). The van der Waals surface area contributed by atoms with Gasteiger partial charge < -0.3 is 6.22 Å². The Morgan fingerprint density at radius 2 is 2.09 bits per heavy atom. The summed E-state index contributed by atoms with van der Waals surface area (Å²) in [5.74, 6) is 0. The summed E-state index contributed by atoms with van der Waals surface area (Å²) < 4.78 is 0. The molecule has 1 aromatic rings. The molecule has 0 aliphatic rings. The fourth-order valence-corrected chi connectivity index (χ4v) is 1.03. The molecule has 0 aliphatic carbocycles. The summed E-state index contributed by atoms with van der Waals surface area (Å²) in [6.07, 6.45) is 1.34. The van der Waals surface area contributed by atoms with Crippen LogP contribution in [0.4, 0.5) is 0 Å². The number of rotatable bonds is 2. The van der Waals surface area contributed by atoms with Crippen LogP contribution in [0.25, 0.3) is 0 Å². The minimum atomic E-state index is 0. The van der Waals surface area contributed by atoms with Gasteiger partial charge in [0.05, 0.1) is 0 Å². The van der Waals surface area contributed by atoms with E-state index in [4.69, 9.17) is 0 Å². The summed E-state index contributed by atoms with van der Waals surface area (Å²) in [6, 6.07) is 7.58. The van der Waals surface area contributed by atoms with Crippen molar-refractivity contribution in [1.29, 1.82) is 0 Å². The summed E-state index contributed by atoms with van der Waals surface area (Å²) >= 11 is 4.17. The van der Waals surface area contributed by atoms with Crippen LogP contribution in [0.5, 0.6) is 0 Å². The molecule has 11 heavy (non-hydrogen) atoms. The van der Waals surface area contributed by atoms with Crippen LogP contribution in [0.3, 0.4) is 0 Å². The van der Waals surface area contributed by atoms with Crippen LogP contribution in [0, 0.1) is 0 Å². The molecule has 0 saturated heterocycles. The summed E-state index contributed by atoms with van der Waals surface area (Å²) in [7, 11) is 0. The molecule has 1 nitrogen and oxygen atoms in total. The first kappa shape index (κ1) is 11.2. The molecule has 0 heterocycles. The van der Waals surface area contributed by atoms with Gasteiger partial charge in [0.15, 0.2) is 0 Å².